The molecule has 362 valence electrons. The molecule has 0 saturated heterocycles. The number of carbonyl (C=O) groups is 3. The van der Waals surface area contributed by atoms with Gasteiger partial charge in [0, 0.05) is 53.6 Å². The van der Waals surface area contributed by atoms with E-state index in [1.165, 1.54) is 57.6 Å². The smallest absolute Gasteiger partial charge is 0.410 e. The van der Waals surface area contributed by atoms with Crippen molar-refractivity contribution in [1.29, 1.82) is 0 Å². The summed E-state index contributed by atoms with van der Waals surface area (Å²) >= 11 is 2.92. The van der Waals surface area contributed by atoms with Crippen molar-refractivity contribution in [3.8, 4) is 20.9 Å². The van der Waals surface area contributed by atoms with Gasteiger partial charge in [-0.2, -0.15) is 0 Å². The molecule has 8 nitrogen and oxygen atoms in total. The molecule has 4 heterocycles. The van der Waals surface area contributed by atoms with E-state index in [1.54, 1.807) is 0 Å². The third-order valence-corrected chi connectivity index (χ3v) is 17.8. The Morgan fingerprint density at radius 1 is 0.710 bits per heavy atom. The lowest BCUT2D eigenvalue weighted by molar-refractivity contribution is 0.0604. The summed E-state index contributed by atoms with van der Waals surface area (Å²) in [7, 11) is 1.48. The normalized spacial score (nSPS) is 22.5. The van der Waals surface area contributed by atoms with Crippen LogP contribution in [0.5, 0.6) is 0 Å². The minimum atomic E-state index is -0.903. The summed E-state index contributed by atoms with van der Waals surface area (Å²) in [6.45, 7) is 12.7. The Morgan fingerprint density at radius 2 is 1.33 bits per heavy atom. The largest absolute Gasteiger partial charge is 0.477 e. The highest BCUT2D eigenvalue weighted by atomic mass is 32.1. The maximum atomic E-state index is 13.6. The number of ether oxygens (including phenoxy) is 2. The van der Waals surface area contributed by atoms with Crippen molar-refractivity contribution < 1.29 is 29.0 Å². The Bertz CT molecular complexity index is 2690. The number of methoxy groups -OCH3 is 1. The zero-order valence-electron chi connectivity index (χ0n) is 41.0. The second-order valence-corrected chi connectivity index (χ2v) is 22.7. The van der Waals surface area contributed by atoms with Crippen LogP contribution in [0.1, 0.15) is 133 Å². The molecule has 5 aromatic rings. The van der Waals surface area contributed by atoms with Crippen molar-refractivity contribution in [3.63, 3.8) is 0 Å². The van der Waals surface area contributed by atoms with Gasteiger partial charge in [0.05, 0.1) is 13.7 Å². The van der Waals surface area contributed by atoms with Gasteiger partial charge in [0.1, 0.15) is 9.75 Å². The van der Waals surface area contributed by atoms with Crippen LogP contribution < -0.4 is 0 Å². The van der Waals surface area contributed by atoms with E-state index in [9.17, 15) is 19.5 Å². The molecule has 2 saturated carbocycles. The summed E-state index contributed by atoms with van der Waals surface area (Å²) in [6, 6.07) is 34.2. The number of nitrogens with zero attached hydrogens (tertiary/aromatic N) is 2. The summed E-state index contributed by atoms with van der Waals surface area (Å²) in [5.41, 5.74) is 11.6. The molecule has 9 rings (SSSR count). The molecule has 0 spiro atoms. The number of thiophene rings is 2. The van der Waals surface area contributed by atoms with Crippen molar-refractivity contribution in [2.24, 2.45) is 29.6 Å². The fourth-order valence-electron chi connectivity index (χ4n) is 11.7. The highest BCUT2D eigenvalue weighted by Crippen LogP contribution is 2.51. The molecular formula is C59H68N2O6S2. The van der Waals surface area contributed by atoms with Gasteiger partial charge in [-0.25, -0.2) is 14.4 Å². The van der Waals surface area contributed by atoms with E-state index in [2.05, 4.69) is 97.6 Å². The molecule has 2 aliphatic carbocycles. The van der Waals surface area contributed by atoms with Crippen molar-refractivity contribution in [1.82, 2.24) is 9.80 Å². The molecule has 2 fully saturated rings. The van der Waals surface area contributed by atoms with Crippen LogP contribution in [0.4, 0.5) is 4.79 Å². The SMILES string of the molecule is COC(=O)c1sc(-c2ccccc2)cc1C1=C(C2CCC(C)C(c3ccccc3-c3cc(C4=C(C5CCC(C)CC5)CN(C(=O)OCC(C)C)CC4)c(C(=O)O)s3)C2)CN(Cc2ccccc2)CC1. The summed E-state index contributed by atoms with van der Waals surface area (Å²) in [6.07, 6.45) is 8.60. The number of amides is 1. The Labute approximate surface area is 417 Å². The van der Waals surface area contributed by atoms with Crippen LogP contribution >= 0.6 is 22.7 Å². The Kier molecular flexibility index (Phi) is 15.4. The third kappa shape index (κ3) is 10.9. The van der Waals surface area contributed by atoms with Gasteiger partial charge in [-0.05, 0) is 137 Å². The van der Waals surface area contributed by atoms with Gasteiger partial charge >= 0.3 is 18.0 Å². The number of benzene rings is 3. The van der Waals surface area contributed by atoms with Crippen molar-refractivity contribution in [2.45, 2.75) is 97.9 Å². The molecule has 1 N–H and O–H groups in total. The number of rotatable bonds is 13. The van der Waals surface area contributed by atoms with Crippen LogP contribution in [0.3, 0.4) is 0 Å². The lowest BCUT2D eigenvalue weighted by Crippen LogP contribution is -2.39. The van der Waals surface area contributed by atoms with Crippen LogP contribution in [-0.4, -0.2) is 72.8 Å². The average molecular weight is 965 g/mol. The van der Waals surface area contributed by atoms with Gasteiger partial charge in [0.2, 0.25) is 0 Å². The number of hydrogen-bond donors (Lipinski definition) is 1. The highest BCUT2D eigenvalue weighted by molar-refractivity contribution is 7.18. The summed E-state index contributed by atoms with van der Waals surface area (Å²) in [5, 5.41) is 10.9. The molecule has 3 aromatic carbocycles. The van der Waals surface area contributed by atoms with Crippen molar-refractivity contribution in [2.75, 3.05) is 39.9 Å². The summed E-state index contributed by atoms with van der Waals surface area (Å²) < 4.78 is 11.2. The highest BCUT2D eigenvalue weighted by Gasteiger charge is 2.38. The predicted octanol–water partition coefficient (Wildman–Crippen LogP) is 14.6. The molecule has 1 amide bonds. The first-order valence-corrected chi connectivity index (χ1v) is 26.9. The van der Waals surface area contributed by atoms with E-state index in [4.69, 9.17) is 9.47 Å². The molecule has 4 aliphatic rings. The minimum Gasteiger partial charge on any atom is -0.477 e. The number of carbonyl (C=O) groups excluding carboxylic acids is 2. The summed E-state index contributed by atoms with van der Waals surface area (Å²) in [4.78, 5) is 47.9. The van der Waals surface area contributed by atoms with Gasteiger partial charge in [-0.3, -0.25) is 4.90 Å². The van der Waals surface area contributed by atoms with Crippen LogP contribution in [-0.2, 0) is 16.0 Å². The van der Waals surface area contributed by atoms with E-state index in [-0.39, 0.29) is 29.8 Å². The van der Waals surface area contributed by atoms with Gasteiger partial charge in [-0.15, -0.1) is 22.7 Å². The van der Waals surface area contributed by atoms with Gasteiger partial charge < -0.3 is 19.5 Å². The molecule has 3 atom stereocenters. The second-order valence-electron chi connectivity index (χ2n) is 20.6. The fraction of sp³-hybridized carbons (Fsp3) is 0.441. The molecular weight excluding hydrogens is 897 g/mol. The quantitative estimate of drug-likeness (QED) is 0.117. The first kappa shape index (κ1) is 48.7. The molecule has 2 aromatic heterocycles. The van der Waals surface area contributed by atoms with Crippen LogP contribution in [0.15, 0.2) is 108 Å². The molecule has 2 aliphatic heterocycles. The number of aromatic carboxylic acids is 1. The molecule has 0 bridgehead atoms. The fourth-order valence-corrected chi connectivity index (χ4v) is 13.9. The number of carboxylic acid groups (broad SMARTS) is 1. The van der Waals surface area contributed by atoms with E-state index in [0.29, 0.717) is 53.6 Å². The standard InChI is InChI=1S/C59H68N2O6S2/c1-37(2)36-67-59(65)61-29-27-46(52(35-61)41-23-20-38(3)21-24-41)49-32-54(69-55(49)57(62)63)47-19-13-12-18-44(47)48-30-43(25-22-39(48)4)51-34-60(33-40-14-8-6-9-15-40)28-26-45(51)50-31-53(42-16-10-7-11-17-42)68-56(50)58(64)66-5/h6-19,31-32,37-39,41,43,48H,20-30,33-36H2,1-5H3,(H,62,63). The lowest BCUT2D eigenvalue weighted by Gasteiger charge is -2.41. The molecule has 10 heteroatoms. The van der Waals surface area contributed by atoms with E-state index in [0.717, 1.165) is 109 Å². The van der Waals surface area contributed by atoms with Crippen LogP contribution in [0, 0.1) is 29.6 Å². The summed E-state index contributed by atoms with van der Waals surface area (Å²) in [5.74, 6) is 0.953. The molecule has 0 radical (unpaired) electrons. The molecule has 3 unspecified atom stereocenters. The topological polar surface area (TPSA) is 96.4 Å². The van der Waals surface area contributed by atoms with Crippen molar-refractivity contribution in [3.05, 3.63) is 140 Å². The van der Waals surface area contributed by atoms with E-state index in [1.807, 2.05) is 36.9 Å². The van der Waals surface area contributed by atoms with Crippen molar-refractivity contribution >= 4 is 51.9 Å². The Balaban J connectivity index is 1.09. The monoisotopic (exact) mass is 964 g/mol. The lowest BCUT2D eigenvalue weighted by atomic mass is 9.67. The van der Waals surface area contributed by atoms with Crippen LogP contribution in [0.25, 0.3) is 32.0 Å². The van der Waals surface area contributed by atoms with Gasteiger partial charge in [-0.1, -0.05) is 125 Å². The third-order valence-electron chi connectivity index (χ3n) is 15.4. The van der Waals surface area contributed by atoms with Gasteiger partial charge in [0.15, 0.2) is 0 Å². The molecule has 69 heavy (non-hydrogen) atoms. The van der Waals surface area contributed by atoms with Gasteiger partial charge in [0.25, 0.3) is 0 Å². The minimum absolute atomic E-state index is 0.235. The Hall–Kier alpha value is -5.29. The van der Waals surface area contributed by atoms with E-state index < -0.39 is 5.97 Å². The number of carboxylic acids is 1. The zero-order chi connectivity index (χ0) is 48.2. The maximum Gasteiger partial charge on any atom is 0.410 e. The maximum absolute atomic E-state index is 13.6. The number of esters is 1. The average Bonchev–Trinajstić information content (AvgIpc) is 4.03. The first-order valence-electron chi connectivity index (χ1n) is 25.3. The van der Waals surface area contributed by atoms with Crippen LogP contribution in [0.2, 0.25) is 0 Å². The predicted molar refractivity (Wildman–Crippen MR) is 281 cm³/mol. The van der Waals surface area contributed by atoms with E-state index >= 15 is 0 Å². The number of hydrogen-bond acceptors (Lipinski definition) is 8. The second kappa shape index (κ2) is 21.8. The zero-order valence-corrected chi connectivity index (χ0v) is 42.6. The Morgan fingerprint density at radius 3 is 2.04 bits per heavy atom. The first-order chi connectivity index (χ1) is 33.4.